The molecular weight excluding hydrogens is 402 g/mol. The Kier molecular flexibility index (Phi) is 5.62. The predicted molar refractivity (Wildman–Crippen MR) is 119 cm³/mol. The average molecular weight is 428 g/mol. The van der Waals surface area contributed by atoms with Crippen LogP contribution >= 0.6 is 11.6 Å². The van der Waals surface area contributed by atoms with Gasteiger partial charge in [0.2, 0.25) is 11.9 Å². The summed E-state index contributed by atoms with van der Waals surface area (Å²) < 4.78 is 1.88. The molecule has 1 atom stereocenters. The van der Waals surface area contributed by atoms with Crippen LogP contribution in [-0.4, -0.2) is 57.7 Å². The molecule has 1 aliphatic rings. The first-order chi connectivity index (χ1) is 14.3. The van der Waals surface area contributed by atoms with Gasteiger partial charge in [0.05, 0.1) is 11.1 Å². The maximum atomic E-state index is 12.9. The zero-order valence-electron chi connectivity index (χ0n) is 17.6. The second-order valence-corrected chi connectivity index (χ2v) is 8.74. The van der Waals surface area contributed by atoms with Crippen molar-refractivity contribution < 1.29 is 4.79 Å². The standard InChI is InChI=1S/C21H26ClN7O/c1-12(2)10-29-11-15-18(17-14-9-13(22)5-6-16(14)24-20(17)30)25-21(26-19(15)27-29)23-7-8-28(3)4/h5-6,9,11-12,17H,7-8,10H2,1-4H3,(H,24,30)(H,23,26,27). The monoisotopic (exact) mass is 427 g/mol. The number of hydrogen-bond donors (Lipinski definition) is 2. The molecule has 1 aliphatic heterocycles. The minimum Gasteiger partial charge on any atom is -0.353 e. The van der Waals surface area contributed by atoms with Gasteiger partial charge in [-0.05, 0) is 43.8 Å². The van der Waals surface area contributed by atoms with E-state index in [-0.39, 0.29) is 5.91 Å². The zero-order chi connectivity index (χ0) is 21.4. The van der Waals surface area contributed by atoms with E-state index in [1.54, 1.807) is 6.07 Å². The Hall–Kier alpha value is -2.71. The molecule has 8 nitrogen and oxygen atoms in total. The minimum atomic E-state index is -0.560. The smallest absolute Gasteiger partial charge is 0.238 e. The van der Waals surface area contributed by atoms with Gasteiger partial charge in [0.25, 0.3) is 0 Å². The third kappa shape index (κ3) is 4.11. The molecule has 30 heavy (non-hydrogen) atoms. The highest BCUT2D eigenvalue weighted by Gasteiger charge is 2.35. The second kappa shape index (κ2) is 8.20. The maximum absolute atomic E-state index is 12.9. The lowest BCUT2D eigenvalue weighted by atomic mass is 9.95. The number of halogens is 1. The number of amides is 1. The minimum absolute atomic E-state index is 0.122. The van der Waals surface area contributed by atoms with E-state index in [1.807, 2.05) is 37.1 Å². The van der Waals surface area contributed by atoms with E-state index in [0.717, 1.165) is 29.7 Å². The van der Waals surface area contributed by atoms with Gasteiger partial charge in [0.1, 0.15) is 5.92 Å². The number of rotatable bonds is 7. The molecule has 0 bridgehead atoms. The van der Waals surface area contributed by atoms with Gasteiger partial charge < -0.3 is 15.5 Å². The van der Waals surface area contributed by atoms with E-state index >= 15 is 0 Å². The van der Waals surface area contributed by atoms with Crippen molar-refractivity contribution in [3.05, 3.63) is 40.7 Å². The van der Waals surface area contributed by atoms with Crippen LogP contribution < -0.4 is 10.6 Å². The van der Waals surface area contributed by atoms with Crippen LogP contribution in [0, 0.1) is 5.92 Å². The van der Waals surface area contributed by atoms with Gasteiger partial charge in [0.15, 0.2) is 5.65 Å². The number of nitrogens with zero attached hydrogens (tertiary/aromatic N) is 5. The highest BCUT2D eigenvalue weighted by Crippen LogP contribution is 2.40. The Morgan fingerprint density at radius 3 is 2.83 bits per heavy atom. The molecular formula is C21H26ClN7O. The van der Waals surface area contributed by atoms with Crippen LogP contribution in [0.5, 0.6) is 0 Å². The fraction of sp³-hybridized carbons (Fsp3) is 0.429. The van der Waals surface area contributed by atoms with Crippen LogP contribution in [0.1, 0.15) is 31.0 Å². The Balaban J connectivity index is 1.81. The van der Waals surface area contributed by atoms with Crippen LogP contribution in [0.25, 0.3) is 11.0 Å². The lowest BCUT2D eigenvalue weighted by Crippen LogP contribution is -2.22. The van der Waals surface area contributed by atoms with Gasteiger partial charge in [-0.1, -0.05) is 25.4 Å². The first-order valence-corrected chi connectivity index (χ1v) is 10.4. The largest absolute Gasteiger partial charge is 0.353 e. The molecule has 0 spiro atoms. The second-order valence-electron chi connectivity index (χ2n) is 8.30. The average Bonchev–Trinajstić information content (AvgIpc) is 3.19. The summed E-state index contributed by atoms with van der Waals surface area (Å²) in [5, 5.41) is 12.2. The highest BCUT2D eigenvalue weighted by atomic mass is 35.5. The zero-order valence-corrected chi connectivity index (χ0v) is 18.4. The van der Waals surface area contributed by atoms with Gasteiger partial charge in [-0.3, -0.25) is 9.48 Å². The number of nitrogens with one attached hydrogen (secondary N) is 2. The number of fused-ring (bicyclic) bond motifs is 2. The van der Waals surface area contributed by atoms with E-state index in [9.17, 15) is 4.79 Å². The third-order valence-electron chi connectivity index (χ3n) is 4.97. The first kappa shape index (κ1) is 20.6. The van der Waals surface area contributed by atoms with Crippen molar-refractivity contribution in [1.82, 2.24) is 24.6 Å². The number of benzene rings is 1. The lowest BCUT2D eigenvalue weighted by molar-refractivity contribution is -0.116. The molecule has 1 unspecified atom stereocenters. The molecule has 0 fully saturated rings. The molecule has 0 saturated heterocycles. The van der Waals surface area contributed by atoms with Crippen molar-refractivity contribution >= 4 is 40.2 Å². The summed E-state index contributed by atoms with van der Waals surface area (Å²) in [6.07, 6.45) is 1.93. The summed E-state index contributed by atoms with van der Waals surface area (Å²) in [4.78, 5) is 24.3. The van der Waals surface area contributed by atoms with Crippen LogP contribution in [0.15, 0.2) is 24.4 Å². The molecule has 9 heteroatoms. The SMILES string of the molecule is CC(C)Cn1cc2c(C3C(=O)Nc4ccc(Cl)cc43)nc(NCCN(C)C)nc2n1. The van der Waals surface area contributed by atoms with Crippen molar-refractivity contribution in [2.45, 2.75) is 26.3 Å². The predicted octanol–water partition coefficient (Wildman–Crippen LogP) is 3.19. The van der Waals surface area contributed by atoms with Crippen molar-refractivity contribution in [3.8, 4) is 0 Å². The highest BCUT2D eigenvalue weighted by molar-refractivity contribution is 6.31. The molecule has 4 rings (SSSR count). The van der Waals surface area contributed by atoms with Crippen LogP contribution in [0.4, 0.5) is 11.6 Å². The Bertz CT molecular complexity index is 1090. The lowest BCUT2D eigenvalue weighted by Gasteiger charge is -2.13. The number of aromatic nitrogens is 4. The van der Waals surface area contributed by atoms with E-state index in [1.165, 1.54) is 0 Å². The number of carbonyl (C=O) groups excluding carboxylic acids is 1. The first-order valence-electron chi connectivity index (χ1n) is 10.1. The van der Waals surface area contributed by atoms with Crippen molar-refractivity contribution in [2.75, 3.05) is 37.8 Å². The van der Waals surface area contributed by atoms with Crippen molar-refractivity contribution in [2.24, 2.45) is 5.92 Å². The molecule has 1 aromatic carbocycles. The maximum Gasteiger partial charge on any atom is 0.238 e. The third-order valence-corrected chi connectivity index (χ3v) is 5.20. The Morgan fingerprint density at radius 2 is 2.10 bits per heavy atom. The topological polar surface area (TPSA) is 88.0 Å². The van der Waals surface area contributed by atoms with E-state index < -0.39 is 5.92 Å². The fourth-order valence-electron chi connectivity index (χ4n) is 3.64. The molecule has 0 saturated carbocycles. The van der Waals surface area contributed by atoms with E-state index in [0.29, 0.717) is 34.8 Å². The molecule has 3 aromatic rings. The van der Waals surface area contributed by atoms with E-state index in [2.05, 4.69) is 39.5 Å². The number of carbonyl (C=O) groups is 1. The summed E-state index contributed by atoms with van der Waals surface area (Å²) in [6, 6.07) is 5.42. The van der Waals surface area contributed by atoms with Gasteiger partial charge in [-0.25, -0.2) is 4.98 Å². The van der Waals surface area contributed by atoms with Crippen LogP contribution in [-0.2, 0) is 11.3 Å². The van der Waals surface area contributed by atoms with Gasteiger partial charge in [-0.2, -0.15) is 10.1 Å². The summed E-state index contributed by atoms with van der Waals surface area (Å²) in [7, 11) is 4.02. The molecule has 0 radical (unpaired) electrons. The van der Waals surface area contributed by atoms with Gasteiger partial charge in [-0.15, -0.1) is 0 Å². The summed E-state index contributed by atoms with van der Waals surface area (Å²) in [5.74, 6) is 0.221. The van der Waals surface area contributed by atoms with Crippen LogP contribution in [0.3, 0.4) is 0 Å². The fourth-order valence-corrected chi connectivity index (χ4v) is 3.82. The van der Waals surface area contributed by atoms with E-state index in [4.69, 9.17) is 16.6 Å². The summed E-state index contributed by atoms with van der Waals surface area (Å²) >= 11 is 6.23. The Morgan fingerprint density at radius 1 is 1.30 bits per heavy atom. The Labute approximate surface area is 180 Å². The van der Waals surface area contributed by atoms with Gasteiger partial charge in [0, 0.05) is 36.5 Å². The molecule has 2 N–H and O–H groups in total. The molecule has 158 valence electrons. The summed E-state index contributed by atoms with van der Waals surface area (Å²) in [6.45, 7) is 6.55. The van der Waals surface area contributed by atoms with Crippen molar-refractivity contribution in [1.29, 1.82) is 0 Å². The van der Waals surface area contributed by atoms with Gasteiger partial charge >= 0.3 is 0 Å². The number of likely N-dealkylation sites (N-methyl/N-ethyl adjacent to an activating group) is 1. The molecule has 1 amide bonds. The normalized spacial score (nSPS) is 15.8. The number of hydrogen-bond acceptors (Lipinski definition) is 6. The molecule has 3 heterocycles. The van der Waals surface area contributed by atoms with Crippen LogP contribution in [0.2, 0.25) is 5.02 Å². The number of anilines is 2. The van der Waals surface area contributed by atoms with Crippen molar-refractivity contribution in [3.63, 3.8) is 0 Å². The summed E-state index contributed by atoms with van der Waals surface area (Å²) in [5.41, 5.74) is 2.80. The molecule has 2 aromatic heterocycles. The molecule has 0 aliphatic carbocycles. The quantitative estimate of drug-likeness (QED) is 0.602.